The van der Waals surface area contributed by atoms with Gasteiger partial charge in [-0.05, 0) is 79.5 Å². The van der Waals surface area contributed by atoms with Crippen molar-refractivity contribution in [2.75, 3.05) is 4.90 Å². The second-order valence-corrected chi connectivity index (χ2v) is 9.86. The maximum Gasteiger partial charge on any atom is 0.174 e. The molecule has 3 aromatic rings. The van der Waals surface area contributed by atoms with Gasteiger partial charge < -0.3 is 14.8 Å². The molecule has 31 heavy (non-hydrogen) atoms. The van der Waals surface area contributed by atoms with Gasteiger partial charge in [0.15, 0.2) is 5.11 Å². The van der Waals surface area contributed by atoms with Gasteiger partial charge in [0, 0.05) is 34.8 Å². The van der Waals surface area contributed by atoms with E-state index >= 15 is 0 Å². The van der Waals surface area contributed by atoms with E-state index in [1.54, 1.807) is 0 Å². The van der Waals surface area contributed by atoms with Crippen molar-refractivity contribution in [1.82, 2.24) is 14.9 Å². The third-order valence-corrected chi connectivity index (χ3v) is 7.80. The molecule has 160 valence electrons. The van der Waals surface area contributed by atoms with Crippen LogP contribution in [0.5, 0.6) is 0 Å². The van der Waals surface area contributed by atoms with Gasteiger partial charge in [0.05, 0.1) is 17.8 Å². The Hall–Kier alpha value is -2.18. The quantitative estimate of drug-likeness (QED) is 0.412. The molecular weight excluding hydrogens is 468 g/mol. The van der Waals surface area contributed by atoms with Gasteiger partial charge in [-0.1, -0.05) is 41.3 Å². The standard InChI is InChI=1S/C25H27BrN4S/c1-17-15-20(10-11-21(17)26)30-24(23(28-25(30)31)22-9-5-6-13-27-22)18-12-14-29(16-18)19-7-3-2-4-8-19/h5-6,9-16,19,23-24H,2-4,7-8H2,1H3,(H,28,31)/t23-,24-/m1/s1. The van der Waals surface area contributed by atoms with Crippen molar-refractivity contribution >= 4 is 38.9 Å². The highest BCUT2D eigenvalue weighted by Crippen LogP contribution is 2.42. The second kappa shape index (κ2) is 8.75. The van der Waals surface area contributed by atoms with E-state index in [0.717, 1.165) is 21.0 Å². The van der Waals surface area contributed by atoms with E-state index < -0.39 is 0 Å². The fourth-order valence-corrected chi connectivity index (χ4v) is 5.55. The molecule has 0 spiro atoms. The molecule has 0 unspecified atom stereocenters. The van der Waals surface area contributed by atoms with E-state index in [4.69, 9.17) is 12.2 Å². The fourth-order valence-electron chi connectivity index (χ4n) is 4.96. The third-order valence-electron chi connectivity index (χ3n) is 6.59. The number of halogens is 1. The summed E-state index contributed by atoms with van der Waals surface area (Å²) in [4.78, 5) is 6.92. The van der Waals surface area contributed by atoms with Crippen molar-refractivity contribution < 1.29 is 0 Å². The first-order valence-corrected chi connectivity index (χ1v) is 12.3. The molecule has 0 bridgehead atoms. The molecule has 1 N–H and O–H groups in total. The Morgan fingerprint density at radius 1 is 1.10 bits per heavy atom. The van der Waals surface area contributed by atoms with E-state index in [9.17, 15) is 0 Å². The van der Waals surface area contributed by atoms with Crippen molar-refractivity contribution in [2.24, 2.45) is 0 Å². The number of aryl methyl sites for hydroxylation is 1. The first kappa shape index (κ1) is 20.7. The summed E-state index contributed by atoms with van der Waals surface area (Å²) >= 11 is 9.48. The number of pyridine rings is 1. The maximum absolute atomic E-state index is 5.85. The lowest BCUT2D eigenvalue weighted by Crippen LogP contribution is -2.29. The second-order valence-electron chi connectivity index (χ2n) is 8.61. The lowest BCUT2D eigenvalue weighted by atomic mass is 9.95. The van der Waals surface area contributed by atoms with Crippen molar-refractivity contribution in [1.29, 1.82) is 0 Å². The van der Waals surface area contributed by atoms with Gasteiger partial charge in [0.25, 0.3) is 0 Å². The lowest BCUT2D eigenvalue weighted by Gasteiger charge is -2.28. The zero-order valence-corrected chi connectivity index (χ0v) is 20.1. The molecular formula is C25H27BrN4S. The molecule has 6 heteroatoms. The number of thiocarbonyl (C=S) groups is 1. The van der Waals surface area contributed by atoms with Crippen LogP contribution in [0.25, 0.3) is 0 Å². The van der Waals surface area contributed by atoms with Gasteiger partial charge in [-0.15, -0.1) is 0 Å². The Kier molecular flexibility index (Phi) is 5.85. The smallest absolute Gasteiger partial charge is 0.174 e. The first-order valence-electron chi connectivity index (χ1n) is 11.1. The highest BCUT2D eigenvalue weighted by Gasteiger charge is 2.41. The molecule has 4 nitrogen and oxygen atoms in total. The van der Waals surface area contributed by atoms with Crippen molar-refractivity contribution in [2.45, 2.75) is 57.2 Å². The number of benzene rings is 1. The number of nitrogens with one attached hydrogen (secondary N) is 1. The van der Waals surface area contributed by atoms with Crippen LogP contribution in [0.15, 0.2) is 65.5 Å². The van der Waals surface area contributed by atoms with Crippen molar-refractivity contribution in [3.8, 4) is 0 Å². The van der Waals surface area contributed by atoms with Gasteiger partial charge >= 0.3 is 0 Å². The third kappa shape index (κ3) is 4.03. The molecule has 2 fully saturated rings. The molecule has 2 aromatic heterocycles. The molecule has 1 saturated heterocycles. The first-order chi connectivity index (χ1) is 15.1. The van der Waals surface area contributed by atoms with Crippen LogP contribution in [0.2, 0.25) is 0 Å². The van der Waals surface area contributed by atoms with Crippen LogP contribution < -0.4 is 10.2 Å². The number of rotatable bonds is 4. The van der Waals surface area contributed by atoms with Crippen LogP contribution in [-0.4, -0.2) is 14.7 Å². The monoisotopic (exact) mass is 494 g/mol. The van der Waals surface area contributed by atoms with Crippen LogP contribution in [0.4, 0.5) is 5.69 Å². The van der Waals surface area contributed by atoms with Crippen LogP contribution in [-0.2, 0) is 0 Å². The average molecular weight is 495 g/mol. The molecule has 0 radical (unpaired) electrons. The van der Waals surface area contributed by atoms with E-state index in [1.807, 2.05) is 18.3 Å². The van der Waals surface area contributed by atoms with Gasteiger partial charge in [-0.3, -0.25) is 4.98 Å². The Morgan fingerprint density at radius 3 is 2.68 bits per heavy atom. The van der Waals surface area contributed by atoms with Crippen LogP contribution in [0.3, 0.4) is 0 Å². The van der Waals surface area contributed by atoms with Gasteiger partial charge in [-0.25, -0.2) is 0 Å². The molecule has 1 aliphatic carbocycles. The largest absolute Gasteiger partial charge is 0.351 e. The molecule has 1 aliphatic heterocycles. The van der Waals surface area contributed by atoms with Gasteiger partial charge in [-0.2, -0.15) is 0 Å². The molecule has 1 aromatic carbocycles. The average Bonchev–Trinajstić information content (AvgIpc) is 3.41. The van der Waals surface area contributed by atoms with Crippen molar-refractivity contribution in [3.05, 3.63) is 82.3 Å². The summed E-state index contributed by atoms with van der Waals surface area (Å²) in [6.45, 7) is 2.12. The van der Waals surface area contributed by atoms with Crippen LogP contribution >= 0.6 is 28.1 Å². The number of aromatic nitrogens is 2. The Morgan fingerprint density at radius 2 is 1.94 bits per heavy atom. The molecule has 1 saturated carbocycles. The van der Waals surface area contributed by atoms with Crippen LogP contribution in [0, 0.1) is 6.92 Å². The summed E-state index contributed by atoms with van der Waals surface area (Å²) in [5.74, 6) is 0. The number of anilines is 1. The summed E-state index contributed by atoms with van der Waals surface area (Å²) in [6.07, 6.45) is 13.0. The van der Waals surface area contributed by atoms with E-state index in [-0.39, 0.29) is 12.1 Å². The minimum atomic E-state index is -0.000131. The maximum atomic E-state index is 5.85. The minimum Gasteiger partial charge on any atom is -0.351 e. The highest BCUT2D eigenvalue weighted by molar-refractivity contribution is 9.10. The summed E-state index contributed by atoms with van der Waals surface area (Å²) in [5.41, 5.74) is 4.58. The molecule has 5 rings (SSSR count). The van der Waals surface area contributed by atoms with Crippen LogP contribution in [0.1, 0.15) is 67.1 Å². The van der Waals surface area contributed by atoms with Gasteiger partial charge in [0.2, 0.25) is 0 Å². The van der Waals surface area contributed by atoms with E-state index in [2.05, 4.69) is 85.3 Å². The molecule has 0 amide bonds. The highest BCUT2D eigenvalue weighted by atomic mass is 79.9. The van der Waals surface area contributed by atoms with Gasteiger partial charge in [0.1, 0.15) is 0 Å². The normalized spacial score (nSPS) is 22.0. The summed E-state index contributed by atoms with van der Waals surface area (Å²) < 4.78 is 3.53. The number of hydrogen-bond acceptors (Lipinski definition) is 2. The summed E-state index contributed by atoms with van der Waals surface area (Å²) in [7, 11) is 0. The summed E-state index contributed by atoms with van der Waals surface area (Å²) in [6, 6.07) is 15.5. The molecule has 2 aliphatic rings. The Balaban J connectivity index is 1.56. The summed E-state index contributed by atoms with van der Waals surface area (Å²) in [5, 5.41) is 4.31. The number of nitrogens with zero attached hydrogens (tertiary/aromatic N) is 3. The van der Waals surface area contributed by atoms with Crippen molar-refractivity contribution in [3.63, 3.8) is 0 Å². The lowest BCUT2D eigenvalue weighted by molar-refractivity contribution is 0.353. The molecule has 3 heterocycles. The Bertz CT molecular complexity index is 1070. The zero-order chi connectivity index (χ0) is 21.4. The predicted octanol–water partition coefficient (Wildman–Crippen LogP) is 6.64. The number of hydrogen-bond donors (Lipinski definition) is 1. The van der Waals surface area contributed by atoms with E-state index in [0.29, 0.717) is 6.04 Å². The Labute approximate surface area is 197 Å². The predicted molar refractivity (Wildman–Crippen MR) is 133 cm³/mol. The topological polar surface area (TPSA) is 33.1 Å². The molecule has 2 atom stereocenters. The SMILES string of the molecule is Cc1cc(N2C(=S)N[C@H](c3ccccn3)[C@H]2c2ccn(C3CCCCC3)c2)ccc1Br. The minimum absolute atomic E-state index is 0.000131. The van der Waals surface area contributed by atoms with E-state index in [1.165, 1.54) is 43.2 Å². The fraction of sp³-hybridized carbons (Fsp3) is 0.360. The zero-order valence-electron chi connectivity index (χ0n) is 17.7.